The highest BCUT2D eigenvalue weighted by Crippen LogP contribution is 2.38. The number of hydrogen-bond acceptors (Lipinski definition) is 4. The molecule has 0 bridgehead atoms. The molecule has 1 aliphatic carbocycles. The Kier molecular flexibility index (Phi) is 7.29. The van der Waals surface area contributed by atoms with Gasteiger partial charge in [0.2, 0.25) is 0 Å². The number of aliphatic hydroxyl groups is 1. The number of nitrogens with one attached hydrogen (secondary N) is 1. The van der Waals surface area contributed by atoms with Gasteiger partial charge in [-0.25, -0.2) is 0 Å². The SMILES string of the molecule is N#Cc1ccc(NC(=O)C(O)(Cc2cccc(-c3ccsc3)c2)C2CCCCC2)cc1C(F)(F)F. The molecule has 1 unspecified atom stereocenters. The average Bonchev–Trinajstić information content (AvgIpc) is 3.39. The van der Waals surface area contributed by atoms with Crippen molar-refractivity contribution >= 4 is 22.9 Å². The third-order valence-electron chi connectivity index (χ3n) is 6.63. The van der Waals surface area contributed by atoms with Crippen molar-refractivity contribution in [3.05, 3.63) is 76.0 Å². The first-order valence-corrected chi connectivity index (χ1v) is 12.4. The number of amides is 1. The first-order chi connectivity index (χ1) is 16.7. The van der Waals surface area contributed by atoms with Crippen LogP contribution in [0.15, 0.2) is 59.3 Å². The molecule has 1 fully saturated rings. The maximum atomic E-state index is 13.5. The highest BCUT2D eigenvalue weighted by atomic mass is 32.1. The summed E-state index contributed by atoms with van der Waals surface area (Å²) in [5.41, 5.74) is -0.766. The first-order valence-electron chi connectivity index (χ1n) is 11.5. The van der Waals surface area contributed by atoms with E-state index in [1.165, 1.54) is 12.1 Å². The van der Waals surface area contributed by atoms with Crippen molar-refractivity contribution in [3.8, 4) is 17.2 Å². The van der Waals surface area contributed by atoms with Crippen LogP contribution in [0, 0.1) is 17.2 Å². The molecule has 0 aliphatic heterocycles. The predicted octanol–water partition coefficient (Wildman–Crippen LogP) is 6.80. The van der Waals surface area contributed by atoms with Crippen LogP contribution in [-0.4, -0.2) is 16.6 Å². The maximum Gasteiger partial charge on any atom is 0.417 e. The summed E-state index contributed by atoms with van der Waals surface area (Å²) in [7, 11) is 0. The van der Waals surface area contributed by atoms with Crippen LogP contribution >= 0.6 is 11.3 Å². The van der Waals surface area contributed by atoms with E-state index in [9.17, 15) is 23.1 Å². The normalized spacial score (nSPS) is 16.3. The zero-order valence-corrected chi connectivity index (χ0v) is 19.8. The number of nitriles is 1. The topological polar surface area (TPSA) is 73.1 Å². The van der Waals surface area contributed by atoms with Crippen molar-refractivity contribution in [3.63, 3.8) is 0 Å². The van der Waals surface area contributed by atoms with Gasteiger partial charge in [-0.15, -0.1) is 0 Å². The van der Waals surface area contributed by atoms with E-state index in [2.05, 4.69) is 5.32 Å². The lowest BCUT2D eigenvalue weighted by atomic mass is 9.73. The molecule has 1 saturated carbocycles. The molecule has 8 heteroatoms. The van der Waals surface area contributed by atoms with Crippen LogP contribution in [0.4, 0.5) is 18.9 Å². The number of carbonyl (C=O) groups excluding carboxylic acids is 1. The Bertz CT molecular complexity index is 1230. The van der Waals surface area contributed by atoms with E-state index in [1.807, 2.05) is 41.1 Å². The highest BCUT2D eigenvalue weighted by Gasteiger charge is 2.44. The molecule has 1 atom stereocenters. The van der Waals surface area contributed by atoms with Gasteiger partial charge in [-0.05, 0) is 70.5 Å². The lowest BCUT2D eigenvalue weighted by Crippen LogP contribution is -2.51. The van der Waals surface area contributed by atoms with Crippen LogP contribution in [0.5, 0.6) is 0 Å². The van der Waals surface area contributed by atoms with E-state index in [-0.39, 0.29) is 18.0 Å². The Morgan fingerprint density at radius 2 is 1.86 bits per heavy atom. The van der Waals surface area contributed by atoms with Gasteiger partial charge in [0.1, 0.15) is 5.60 Å². The minimum Gasteiger partial charge on any atom is -0.379 e. The third-order valence-corrected chi connectivity index (χ3v) is 7.32. The van der Waals surface area contributed by atoms with E-state index in [0.717, 1.165) is 48.1 Å². The molecule has 2 N–H and O–H groups in total. The molecule has 0 saturated heterocycles. The van der Waals surface area contributed by atoms with E-state index in [1.54, 1.807) is 11.3 Å². The summed E-state index contributed by atoms with van der Waals surface area (Å²) < 4.78 is 40.2. The van der Waals surface area contributed by atoms with Crippen molar-refractivity contribution in [2.45, 2.75) is 50.3 Å². The van der Waals surface area contributed by atoms with Gasteiger partial charge in [0.25, 0.3) is 5.91 Å². The van der Waals surface area contributed by atoms with Gasteiger partial charge in [0.05, 0.1) is 17.2 Å². The smallest absolute Gasteiger partial charge is 0.379 e. The largest absolute Gasteiger partial charge is 0.417 e. The Balaban J connectivity index is 1.65. The Hall–Kier alpha value is -3.15. The molecule has 2 aromatic carbocycles. The lowest BCUT2D eigenvalue weighted by molar-refractivity contribution is -0.142. The minimum absolute atomic E-state index is 0.0455. The van der Waals surface area contributed by atoms with Gasteiger partial charge in [-0.3, -0.25) is 4.79 Å². The first kappa shape index (κ1) is 25.0. The summed E-state index contributed by atoms with van der Waals surface area (Å²) in [6.07, 6.45) is -0.594. The van der Waals surface area contributed by atoms with Crippen molar-refractivity contribution in [2.75, 3.05) is 5.32 Å². The van der Waals surface area contributed by atoms with E-state index in [0.29, 0.717) is 12.8 Å². The lowest BCUT2D eigenvalue weighted by Gasteiger charge is -2.37. The molecule has 0 spiro atoms. The summed E-state index contributed by atoms with van der Waals surface area (Å²) in [6.45, 7) is 0. The molecule has 1 aliphatic rings. The second-order valence-electron chi connectivity index (χ2n) is 8.97. The predicted molar refractivity (Wildman–Crippen MR) is 130 cm³/mol. The molecule has 4 rings (SSSR count). The Morgan fingerprint density at radius 3 is 2.51 bits per heavy atom. The molecule has 1 amide bonds. The fraction of sp³-hybridized carbons (Fsp3) is 0.333. The van der Waals surface area contributed by atoms with Gasteiger partial charge in [-0.2, -0.15) is 29.8 Å². The van der Waals surface area contributed by atoms with Crippen LogP contribution < -0.4 is 5.32 Å². The summed E-state index contributed by atoms with van der Waals surface area (Å²) >= 11 is 1.57. The number of hydrogen-bond donors (Lipinski definition) is 2. The quantitative estimate of drug-likeness (QED) is 0.393. The van der Waals surface area contributed by atoms with Gasteiger partial charge in [0, 0.05) is 12.1 Å². The van der Waals surface area contributed by atoms with Crippen LogP contribution in [0.3, 0.4) is 0 Å². The minimum atomic E-state index is -4.74. The molecule has 35 heavy (non-hydrogen) atoms. The Labute approximate surface area is 206 Å². The monoisotopic (exact) mass is 498 g/mol. The standard InChI is InChI=1S/C27H25F3N2O2S/c28-27(29,30)24-14-23(10-9-20(24)16-31)32-25(33)26(34,22-7-2-1-3-8-22)15-18-5-4-6-19(13-18)21-11-12-35-17-21/h4-6,9-14,17,22,34H,1-3,7-8,15H2,(H,32,33). The molecule has 1 heterocycles. The number of rotatable bonds is 6. The average molecular weight is 499 g/mol. The summed E-state index contributed by atoms with van der Waals surface area (Å²) in [4.78, 5) is 13.5. The van der Waals surface area contributed by atoms with E-state index < -0.39 is 28.8 Å². The molecule has 4 nitrogen and oxygen atoms in total. The zero-order chi connectivity index (χ0) is 25.1. The second-order valence-corrected chi connectivity index (χ2v) is 9.75. The number of nitrogens with zero attached hydrogens (tertiary/aromatic N) is 1. The van der Waals surface area contributed by atoms with Gasteiger partial charge in [0.15, 0.2) is 0 Å². The number of anilines is 1. The van der Waals surface area contributed by atoms with Crippen molar-refractivity contribution in [2.24, 2.45) is 5.92 Å². The number of thiophene rings is 1. The van der Waals surface area contributed by atoms with Crippen molar-refractivity contribution in [1.29, 1.82) is 5.26 Å². The van der Waals surface area contributed by atoms with Crippen LogP contribution in [0.2, 0.25) is 0 Å². The van der Waals surface area contributed by atoms with E-state index >= 15 is 0 Å². The summed E-state index contributed by atoms with van der Waals surface area (Å²) in [5.74, 6) is -1.05. The summed E-state index contributed by atoms with van der Waals surface area (Å²) in [6, 6.07) is 14.2. The molecule has 182 valence electrons. The van der Waals surface area contributed by atoms with Crippen LogP contribution in [-0.2, 0) is 17.4 Å². The molecule has 1 aromatic heterocycles. The third kappa shape index (κ3) is 5.58. The highest BCUT2D eigenvalue weighted by molar-refractivity contribution is 7.08. The number of halogens is 3. The fourth-order valence-corrected chi connectivity index (χ4v) is 5.45. The second kappa shape index (κ2) is 10.2. The number of alkyl halides is 3. The van der Waals surface area contributed by atoms with Crippen molar-refractivity contribution in [1.82, 2.24) is 0 Å². The number of benzene rings is 2. The van der Waals surface area contributed by atoms with E-state index in [4.69, 9.17) is 5.26 Å². The zero-order valence-electron chi connectivity index (χ0n) is 18.9. The van der Waals surface area contributed by atoms with Crippen molar-refractivity contribution < 1.29 is 23.1 Å². The molecule has 0 radical (unpaired) electrons. The molecular formula is C27H25F3N2O2S. The Morgan fingerprint density at radius 1 is 1.09 bits per heavy atom. The molecule has 3 aromatic rings. The number of carbonyl (C=O) groups is 1. The van der Waals surface area contributed by atoms with Gasteiger partial charge < -0.3 is 10.4 Å². The van der Waals surface area contributed by atoms with Crippen LogP contribution in [0.1, 0.15) is 48.8 Å². The summed E-state index contributed by atoms with van der Waals surface area (Å²) in [5, 5.41) is 27.3. The van der Waals surface area contributed by atoms with Crippen LogP contribution in [0.25, 0.3) is 11.1 Å². The maximum absolute atomic E-state index is 13.5. The molecular weight excluding hydrogens is 473 g/mol. The van der Waals surface area contributed by atoms with Gasteiger partial charge >= 0.3 is 6.18 Å². The van der Waals surface area contributed by atoms with Gasteiger partial charge in [-0.1, -0.05) is 43.5 Å². The fourth-order valence-electron chi connectivity index (χ4n) is 4.78.